The van der Waals surface area contributed by atoms with Crippen molar-refractivity contribution in [3.63, 3.8) is 0 Å². The highest BCUT2D eigenvalue weighted by Gasteiger charge is 2.24. The van der Waals surface area contributed by atoms with Gasteiger partial charge in [0.05, 0.1) is 16.9 Å². The molecule has 7 heteroatoms. The highest BCUT2D eigenvalue weighted by atomic mass is 19.1. The predicted molar refractivity (Wildman–Crippen MR) is 65.3 cm³/mol. The number of nitro groups is 1. The van der Waals surface area contributed by atoms with Crippen molar-refractivity contribution in [1.29, 1.82) is 0 Å². The van der Waals surface area contributed by atoms with Crippen LogP contribution in [0, 0.1) is 21.8 Å². The molecule has 19 heavy (non-hydrogen) atoms. The van der Waals surface area contributed by atoms with Crippen molar-refractivity contribution in [2.24, 2.45) is 5.92 Å². The standard InChI is InChI=1S/C12H11FN2O4/c13-8-4-10(6-11(5-8)15(18)19)14-9-2-1-7(3-9)12(16)17/h1-2,4-7,9,14H,3H2,(H,16,17). The van der Waals surface area contributed by atoms with Gasteiger partial charge < -0.3 is 10.4 Å². The molecule has 0 aromatic heterocycles. The summed E-state index contributed by atoms with van der Waals surface area (Å²) >= 11 is 0. The van der Waals surface area contributed by atoms with Gasteiger partial charge in [-0.2, -0.15) is 0 Å². The number of nitrogens with zero attached hydrogens (tertiary/aromatic N) is 1. The second kappa shape index (κ2) is 5.05. The Labute approximate surface area is 107 Å². The van der Waals surface area contributed by atoms with Crippen LogP contribution in [0.4, 0.5) is 15.8 Å². The number of carboxylic acids is 1. The Hall–Kier alpha value is -2.44. The number of anilines is 1. The van der Waals surface area contributed by atoms with Gasteiger partial charge in [0.15, 0.2) is 0 Å². The molecule has 0 aliphatic heterocycles. The van der Waals surface area contributed by atoms with E-state index in [4.69, 9.17) is 5.11 Å². The number of nitrogens with one attached hydrogen (secondary N) is 1. The van der Waals surface area contributed by atoms with Gasteiger partial charge in [-0.1, -0.05) is 12.2 Å². The van der Waals surface area contributed by atoms with Crippen LogP contribution >= 0.6 is 0 Å². The van der Waals surface area contributed by atoms with E-state index < -0.39 is 22.6 Å². The summed E-state index contributed by atoms with van der Waals surface area (Å²) in [6.45, 7) is 0. The average Bonchev–Trinajstić information content (AvgIpc) is 2.76. The predicted octanol–water partition coefficient (Wildman–Crippen LogP) is 2.18. The van der Waals surface area contributed by atoms with Crippen LogP contribution in [0.5, 0.6) is 0 Å². The fourth-order valence-electron chi connectivity index (χ4n) is 1.97. The number of hydrogen-bond donors (Lipinski definition) is 2. The van der Waals surface area contributed by atoms with Crippen LogP contribution in [0.25, 0.3) is 0 Å². The Bertz CT molecular complexity index is 559. The van der Waals surface area contributed by atoms with Gasteiger partial charge in [0, 0.05) is 17.8 Å². The Morgan fingerprint density at radius 2 is 2.16 bits per heavy atom. The molecule has 0 amide bonds. The monoisotopic (exact) mass is 266 g/mol. The van der Waals surface area contributed by atoms with Gasteiger partial charge in [-0.3, -0.25) is 14.9 Å². The zero-order chi connectivity index (χ0) is 14.0. The van der Waals surface area contributed by atoms with Gasteiger partial charge in [0.25, 0.3) is 5.69 Å². The Morgan fingerprint density at radius 3 is 2.74 bits per heavy atom. The van der Waals surface area contributed by atoms with E-state index in [9.17, 15) is 19.3 Å². The van der Waals surface area contributed by atoms with E-state index in [2.05, 4.69) is 5.32 Å². The second-order valence-electron chi connectivity index (χ2n) is 4.27. The summed E-state index contributed by atoms with van der Waals surface area (Å²) in [7, 11) is 0. The maximum Gasteiger partial charge on any atom is 0.310 e. The van der Waals surface area contributed by atoms with E-state index in [1.165, 1.54) is 6.07 Å². The highest BCUT2D eigenvalue weighted by molar-refractivity contribution is 5.73. The van der Waals surface area contributed by atoms with Gasteiger partial charge in [0.2, 0.25) is 0 Å². The smallest absolute Gasteiger partial charge is 0.310 e. The number of carbonyl (C=O) groups is 1. The van der Waals surface area contributed by atoms with Crippen molar-refractivity contribution in [2.75, 3.05) is 5.32 Å². The van der Waals surface area contributed by atoms with Crippen molar-refractivity contribution >= 4 is 17.3 Å². The Kier molecular flexibility index (Phi) is 3.46. The van der Waals surface area contributed by atoms with Gasteiger partial charge in [-0.15, -0.1) is 0 Å². The summed E-state index contributed by atoms with van der Waals surface area (Å²) < 4.78 is 13.2. The van der Waals surface area contributed by atoms with Gasteiger partial charge in [-0.05, 0) is 12.5 Å². The van der Waals surface area contributed by atoms with Gasteiger partial charge >= 0.3 is 5.97 Å². The molecule has 2 unspecified atom stereocenters. The zero-order valence-electron chi connectivity index (χ0n) is 9.75. The molecule has 0 fully saturated rings. The van der Waals surface area contributed by atoms with Crippen molar-refractivity contribution in [3.05, 3.63) is 46.3 Å². The molecule has 1 aliphatic carbocycles. The lowest BCUT2D eigenvalue weighted by Gasteiger charge is -2.13. The van der Waals surface area contributed by atoms with Crippen molar-refractivity contribution in [2.45, 2.75) is 12.5 Å². The van der Waals surface area contributed by atoms with Crippen LogP contribution < -0.4 is 5.32 Å². The molecule has 100 valence electrons. The van der Waals surface area contributed by atoms with Crippen LogP contribution in [0.2, 0.25) is 0 Å². The van der Waals surface area contributed by atoms with Crippen LogP contribution in [0.1, 0.15) is 6.42 Å². The van der Waals surface area contributed by atoms with Crippen LogP contribution in [-0.4, -0.2) is 22.0 Å². The molecule has 2 rings (SSSR count). The summed E-state index contributed by atoms with van der Waals surface area (Å²) in [5, 5.41) is 22.3. The van der Waals surface area contributed by atoms with Crippen molar-refractivity contribution in [1.82, 2.24) is 0 Å². The lowest BCUT2D eigenvalue weighted by Crippen LogP contribution is -2.18. The molecule has 1 aliphatic rings. The van der Waals surface area contributed by atoms with Crippen LogP contribution in [-0.2, 0) is 4.79 Å². The van der Waals surface area contributed by atoms with Gasteiger partial charge in [0.1, 0.15) is 5.82 Å². The van der Waals surface area contributed by atoms with E-state index in [1.807, 2.05) is 0 Å². The lowest BCUT2D eigenvalue weighted by molar-refractivity contribution is -0.385. The van der Waals surface area contributed by atoms with Gasteiger partial charge in [-0.25, -0.2) is 4.39 Å². The summed E-state index contributed by atoms with van der Waals surface area (Å²) in [6, 6.07) is 2.90. The first-order chi connectivity index (χ1) is 8.95. The maximum absolute atomic E-state index is 13.2. The molecular weight excluding hydrogens is 255 g/mol. The number of rotatable bonds is 4. The van der Waals surface area contributed by atoms with E-state index in [-0.39, 0.29) is 17.4 Å². The third-order valence-corrected chi connectivity index (χ3v) is 2.85. The number of non-ortho nitro benzene ring substituents is 1. The molecule has 0 saturated carbocycles. The molecular formula is C12H11FN2O4. The number of carboxylic acid groups (broad SMARTS) is 1. The molecule has 1 aromatic carbocycles. The number of benzene rings is 1. The van der Waals surface area contributed by atoms with Crippen molar-refractivity contribution < 1.29 is 19.2 Å². The normalized spacial score (nSPS) is 21.3. The summed E-state index contributed by atoms with van der Waals surface area (Å²) in [4.78, 5) is 20.7. The maximum atomic E-state index is 13.2. The minimum atomic E-state index is -0.925. The summed E-state index contributed by atoms with van der Waals surface area (Å²) in [6.07, 6.45) is 3.54. The minimum absolute atomic E-state index is 0.257. The molecule has 0 heterocycles. The topological polar surface area (TPSA) is 92.5 Å². The summed E-state index contributed by atoms with van der Waals surface area (Å²) in [5.74, 6) is -2.22. The molecule has 0 bridgehead atoms. The SMILES string of the molecule is O=C(O)C1C=CC(Nc2cc(F)cc([N+](=O)[O-])c2)C1. The number of hydrogen-bond acceptors (Lipinski definition) is 4. The van der Waals surface area contributed by atoms with Crippen LogP contribution in [0.3, 0.4) is 0 Å². The molecule has 2 atom stereocenters. The average molecular weight is 266 g/mol. The Balaban J connectivity index is 2.10. The molecule has 6 nitrogen and oxygen atoms in total. The lowest BCUT2D eigenvalue weighted by atomic mass is 10.1. The van der Waals surface area contributed by atoms with E-state index >= 15 is 0 Å². The third kappa shape index (κ3) is 3.06. The first-order valence-corrected chi connectivity index (χ1v) is 5.58. The number of nitro benzene ring substituents is 1. The second-order valence-corrected chi connectivity index (χ2v) is 4.27. The number of aliphatic carboxylic acids is 1. The zero-order valence-corrected chi connectivity index (χ0v) is 9.75. The van der Waals surface area contributed by atoms with Crippen molar-refractivity contribution in [3.8, 4) is 0 Å². The quantitative estimate of drug-likeness (QED) is 0.495. The molecule has 1 aromatic rings. The highest BCUT2D eigenvalue weighted by Crippen LogP contribution is 2.25. The van der Waals surface area contributed by atoms with E-state index in [1.54, 1.807) is 12.2 Å². The largest absolute Gasteiger partial charge is 0.481 e. The fourth-order valence-corrected chi connectivity index (χ4v) is 1.97. The third-order valence-electron chi connectivity index (χ3n) is 2.85. The van der Waals surface area contributed by atoms with E-state index in [0.717, 1.165) is 12.1 Å². The number of halogens is 1. The fraction of sp³-hybridized carbons (Fsp3) is 0.250. The minimum Gasteiger partial charge on any atom is -0.481 e. The Morgan fingerprint density at radius 1 is 1.42 bits per heavy atom. The van der Waals surface area contributed by atoms with Crippen LogP contribution in [0.15, 0.2) is 30.4 Å². The first kappa shape index (κ1) is 13.0. The molecule has 0 radical (unpaired) electrons. The molecule has 2 N–H and O–H groups in total. The van der Waals surface area contributed by atoms with E-state index in [0.29, 0.717) is 6.42 Å². The molecule has 0 saturated heterocycles. The summed E-state index contributed by atoms with van der Waals surface area (Å²) in [5.41, 5.74) is -0.0911. The first-order valence-electron chi connectivity index (χ1n) is 5.58. The molecule has 0 spiro atoms.